The van der Waals surface area contributed by atoms with E-state index in [1.54, 1.807) is 0 Å². The van der Waals surface area contributed by atoms with Crippen molar-refractivity contribution in [2.45, 2.75) is 17.9 Å². The molecule has 4 rings (SSSR count). The fourth-order valence-corrected chi connectivity index (χ4v) is 2.70. The lowest BCUT2D eigenvalue weighted by molar-refractivity contribution is 0.166. The molecule has 2 unspecified atom stereocenters. The molecule has 2 aromatic rings. The SMILES string of the molecule is NC1(c2nc(C3COc4ccccc43)no2)CCOC1. The Labute approximate surface area is 115 Å². The van der Waals surface area contributed by atoms with Crippen molar-refractivity contribution in [3.05, 3.63) is 41.5 Å². The molecule has 20 heavy (non-hydrogen) atoms. The highest BCUT2D eigenvalue weighted by Crippen LogP contribution is 2.37. The summed E-state index contributed by atoms with van der Waals surface area (Å²) in [7, 11) is 0. The van der Waals surface area contributed by atoms with E-state index in [9.17, 15) is 0 Å². The molecule has 3 heterocycles. The van der Waals surface area contributed by atoms with Gasteiger partial charge < -0.3 is 19.7 Å². The quantitative estimate of drug-likeness (QED) is 0.884. The third kappa shape index (κ3) is 1.72. The molecule has 2 aliphatic rings. The van der Waals surface area contributed by atoms with E-state index in [0.717, 1.165) is 11.3 Å². The van der Waals surface area contributed by atoms with Crippen molar-refractivity contribution in [3.8, 4) is 5.75 Å². The van der Waals surface area contributed by atoms with E-state index >= 15 is 0 Å². The Morgan fingerprint density at radius 3 is 3.05 bits per heavy atom. The smallest absolute Gasteiger partial charge is 0.249 e. The minimum atomic E-state index is -0.649. The third-order valence-corrected chi connectivity index (χ3v) is 3.93. The first-order chi connectivity index (χ1) is 9.76. The van der Waals surface area contributed by atoms with Gasteiger partial charge >= 0.3 is 0 Å². The van der Waals surface area contributed by atoms with Gasteiger partial charge in [0.25, 0.3) is 0 Å². The first-order valence-corrected chi connectivity index (χ1v) is 6.69. The van der Waals surface area contributed by atoms with Crippen molar-refractivity contribution in [1.82, 2.24) is 10.1 Å². The maximum Gasteiger partial charge on any atom is 0.249 e. The van der Waals surface area contributed by atoms with Crippen molar-refractivity contribution < 1.29 is 14.0 Å². The fourth-order valence-electron chi connectivity index (χ4n) is 2.70. The van der Waals surface area contributed by atoms with Gasteiger partial charge in [0, 0.05) is 12.2 Å². The summed E-state index contributed by atoms with van der Waals surface area (Å²) < 4.78 is 16.3. The van der Waals surface area contributed by atoms with Crippen LogP contribution < -0.4 is 10.5 Å². The highest BCUT2D eigenvalue weighted by Gasteiger charge is 2.39. The molecular weight excluding hydrogens is 258 g/mol. The van der Waals surface area contributed by atoms with E-state index in [0.29, 0.717) is 38.0 Å². The van der Waals surface area contributed by atoms with E-state index in [2.05, 4.69) is 10.1 Å². The Kier molecular flexibility index (Phi) is 2.55. The number of ether oxygens (including phenoxy) is 2. The van der Waals surface area contributed by atoms with Gasteiger partial charge in [0.15, 0.2) is 5.82 Å². The van der Waals surface area contributed by atoms with Gasteiger partial charge in [-0.2, -0.15) is 4.98 Å². The molecule has 0 bridgehead atoms. The van der Waals surface area contributed by atoms with Crippen LogP contribution in [0.15, 0.2) is 28.8 Å². The van der Waals surface area contributed by atoms with Gasteiger partial charge in [0.2, 0.25) is 5.89 Å². The van der Waals surface area contributed by atoms with Gasteiger partial charge in [-0.15, -0.1) is 0 Å². The molecule has 2 atom stereocenters. The van der Waals surface area contributed by atoms with Crippen LogP contribution in [0.5, 0.6) is 5.75 Å². The van der Waals surface area contributed by atoms with Crippen LogP contribution in [0, 0.1) is 0 Å². The van der Waals surface area contributed by atoms with E-state index in [1.165, 1.54) is 0 Å². The summed E-state index contributed by atoms with van der Waals surface area (Å²) in [5, 5.41) is 4.09. The van der Waals surface area contributed by atoms with Crippen LogP contribution in [0.3, 0.4) is 0 Å². The lowest BCUT2D eigenvalue weighted by Crippen LogP contribution is -2.37. The maximum absolute atomic E-state index is 6.23. The summed E-state index contributed by atoms with van der Waals surface area (Å²) in [5.74, 6) is 1.97. The van der Waals surface area contributed by atoms with Crippen LogP contribution in [-0.4, -0.2) is 30.0 Å². The lowest BCUT2D eigenvalue weighted by Gasteiger charge is -2.15. The van der Waals surface area contributed by atoms with Gasteiger partial charge in [0.05, 0.1) is 12.5 Å². The molecule has 1 fully saturated rings. The zero-order valence-corrected chi connectivity index (χ0v) is 10.9. The number of para-hydroxylation sites is 1. The normalized spacial score (nSPS) is 28.4. The van der Waals surface area contributed by atoms with Gasteiger partial charge in [0.1, 0.15) is 17.9 Å². The van der Waals surface area contributed by atoms with Crippen LogP contribution in [0.1, 0.15) is 29.6 Å². The summed E-state index contributed by atoms with van der Waals surface area (Å²) in [6.45, 7) is 1.59. The van der Waals surface area contributed by atoms with Gasteiger partial charge in [-0.25, -0.2) is 0 Å². The number of rotatable bonds is 2. The average Bonchev–Trinajstić information content (AvgIpc) is 3.16. The monoisotopic (exact) mass is 273 g/mol. The van der Waals surface area contributed by atoms with Crippen LogP contribution >= 0.6 is 0 Å². The second kappa shape index (κ2) is 4.29. The Balaban J connectivity index is 1.66. The molecule has 1 saturated heterocycles. The second-order valence-corrected chi connectivity index (χ2v) is 5.32. The molecule has 6 heteroatoms. The molecule has 6 nitrogen and oxygen atoms in total. The Morgan fingerprint density at radius 1 is 1.30 bits per heavy atom. The topological polar surface area (TPSA) is 83.4 Å². The predicted molar refractivity (Wildman–Crippen MR) is 69.4 cm³/mol. The zero-order valence-electron chi connectivity index (χ0n) is 10.9. The Bertz CT molecular complexity index is 634. The lowest BCUT2D eigenvalue weighted by atomic mass is 9.99. The minimum Gasteiger partial charge on any atom is -0.492 e. The molecule has 2 aliphatic heterocycles. The molecule has 104 valence electrons. The van der Waals surface area contributed by atoms with Gasteiger partial charge in [-0.3, -0.25) is 0 Å². The highest BCUT2D eigenvalue weighted by atomic mass is 16.5. The largest absolute Gasteiger partial charge is 0.492 e. The highest BCUT2D eigenvalue weighted by molar-refractivity contribution is 5.42. The maximum atomic E-state index is 6.23. The summed E-state index contributed by atoms with van der Waals surface area (Å²) in [6, 6.07) is 7.91. The molecule has 2 N–H and O–H groups in total. The number of hydrogen-bond donors (Lipinski definition) is 1. The number of nitrogens with two attached hydrogens (primary N) is 1. The van der Waals surface area contributed by atoms with Crippen LogP contribution in [0.25, 0.3) is 0 Å². The molecule has 0 amide bonds. The molecule has 1 aromatic carbocycles. The number of benzene rings is 1. The standard InChI is InChI=1S/C14H15N3O3/c15-14(5-6-18-8-14)13-16-12(17-20-13)10-7-19-11-4-2-1-3-9(10)11/h1-4,10H,5-8,15H2. The van der Waals surface area contributed by atoms with Crippen LogP contribution in [0.4, 0.5) is 0 Å². The van der Waals surface area contributed by atoms with Crippen molar-refractivity contribution in [2.75, 3.05) is 19.8 Å². The number of nitrogens with zero attached hydrogens (tertiary/aromatic N) is 2. The van der Waals surface area contributed by atoms with Crippen molar-refractivity contribution in [2.24, 2.45) is 5.73 Å². The van der Waals surface area contributed by atoms with E-state index in [1.807, 2.05) is 24.3 Å². The Morgan fingerprint density at radius 2 is 2.20 bits per heavy atom. The molecular formula is C14H15N3O3. The van der Waals surface area contributed by atoms with Crippen molar-refractivity contribution in [3.63, 3.8) is 0 Å². The first-order valence-electron chi connectivity index (χ1n) is 6.69. The summed E-state index contributed by atoms with van der Waals surface area (Å²) in [4.78, 5) is 4.48. The van der Waals surface area contributed by atoms with E-state index in [-0.39, 0.29) is 5.92 Å². The average molecular weight is 273 g/mol. The second-order valence-electron chi connectivity index (χ2n) is 5.32. The molecule has 0 saturated carbocycles. The zero-order chi connectivity index (χ0) is 13.6. The van der Waals surface area contributed by atoms with Crippen molar-refractivity contribution >= 4 is 0 Å². The molecule has 1 aromatic heterocycles. The minimum absolute atomic E-state index is 0.00891. The van der Waals surface area contributed by atoms with Crippen LogP contribution in [0.2, 0.25) is 0 Å². The predicted octanol–water partition coefficient (Wildman–Crippen LogP) is 1.17. The molecule has 0 spiro atoms. The van der Waals surface area contributed by atoms with Gasteiger partial charge in [-0.05, 0) is 12.5 Å². The molecule has 0 radical (unpaired) electrons. The summed E-state index contributed by atoms with van der Waals surface area (Å²) in [6.07, 6.45) is 0.701. The molecule has 0 aliphatic carbocycles. The number of hydrogen-bond acceptors (Lipinski definition) is 6. The number of aromatic nitrogens is 2. The summed E-state index contributed by atoms with van der Waals surface area (Å²) >= 11 is 0. The summed E-state index contributed by atoms with van der Waals surface area (Å²) in [5.41, 5.74) is 6.68. The van der Waals surface area contributed by atoms with Crippen LogP contribution in [-0.2, 0) is 10.3 Å². The van der Waals surface area contributed by atoms with Crippen molar-refractivity contribution in [1.29, 1.82) is 0 Å². The van der Waals surface area contributed by atoms with Gasteiger partial charge in [-0.1, -0.05) is 23.4 Å². The van der Waals surface area contributed by atoms with E-state index in [4.69, 9.17) is 19.7 Å². The first kappa shape index (κ1) is 11.9. The van der Waals surface area contributed by atoms with E-state index < -0.39 is 5.54 Å². The fraction of sp³-hybridized carbons (Fsp3) is 0.429. The Hall–Kier alpha value is -1.92. The third-order valence-electron chi connectivity index (χ3n) is 3.93. The number of fused-ring (bicyclic) bond motifs is 1.